The van der Waals surface area contributed by atoms with Crippen LogP contribution in [0.5, 0.6) is 5.75 Å². The Balaban J connectivity index is 2.67. The lowest BCUT2D eigenvalue weighted by atomic mass is 10.2. The van der Waals surface area contributed by atoms with Crippen molar-refractivity contribution in [3.8, 4) is 5.75 Å². The van der Waals surface area contributed by atoms with Gasteiger partial charge in [-0.2, -0.15) is 5.10 Å². The summed E-state index contributed by atoms with van der Waals surface area (Å²) in [4.78, 5) is 0. The first-order valence-corrected chi connectivity index (χ1v) is 4.68. The number of ether oxygens (including phenoxy) is 2. The molecule has 0 aliphatic rings. The third-order valence-electron chi connectivity index (χ3n) is 1.68. The van der Waals surface area contributed by atoms with Gasteiger partial charge in [0.15, 0.2) is 0 Å². The monoisotopic (exact) mass is 224 g/mol. The molecule has 0 amide bonds. The first-order valence-electron chi connectivity index (χ1n) is 4.28. The van der Waals surface area contributed by atoms with Crippen molar-refractivity contribution in [1.29, 1.82) is 0 Å². The van der Waals surface area contributed by atoms with E-state index < -0.39 is 0 Å². The summed E-state index contributed by atoms with van der Waals surface area (Å²) in [5.41, 5.74) is 3.42. The molecular formula is C10H12N2O2S. The van der Waals surface area contributed by atoms with Crippen molar-refractivity contribution < 1.29 is 9.47 Å². The van der Waals surface area contributed by atoms with E-state index >= 15 is 0 Å². The van der Waals surface area contributed by atoms with Crippen LogP contribution in [-0.2, 0) is 4.74 Å². The standard InChI is InChI=1S/C10H12N2O2S/c1-13-9-6-4-3-5-8(9)7-11-12-10(15)14-2/h3-7H,1-2H3,(H,12,15)/b11-7-. The van der Waals surface area contributed by atoms with Gasteiger partial charge in [0.25, 0.3) is 5.17 Å². The lowest BCUT2D eigenvalue weighted by Crippen LogP contribution is -2.16. The second-order valence-corrected chi connectivity index (χ2v) is 2.97. The number of para-hydroxylation sites is 1. The molecule has 0 aromatic heterocycles. The molecule has 0 aliphatic carbocycles. The van der Waals surface area contributed by atoms with Gasteiger partial charge in [0.05, 0.1) is 20.4 Å². The van der Waals surface area contributed by atoms with Crippen LogP contribution in [0.25, 0.3) is 0 Å². The summed E-state index contributed by atoms with van der Waals surface area (Å²) in [6, 6.07) is 7.54. The molecule has 80 valence electrons. The van der Waals surface area contributed by atoms with E-state index in [1.165, 1.54) is 7.11 Å². The highest BCUT2D eigenvalue weighted by Gasteiger charge is 1.97. The maximum atomic E-state index is 5.15. The Morgan fingerprint density at radius 3 is 2.80 bits per heavy atom. The second kappa shape index (κ2) is 5.98. The normalized spacial score (nSPS) is 10.0. The number of nitrogens with one attached hydrogen (secondary N) is 1. The van der Waals surface area contributed by atoms with Crippen molar-refractivity contribution in [3.63, 3.8) is 0 Å². The van der Waals surface area contributed by atoms with Gasteiger partial charge in [0, 0.05) is 5.56 Å². The Hall–Kier alpha value is -1.62. The van der Waals surface area contributed by atoms with Crippen molar-refractivity contribution in [1.82, 2.24) is 5.43 Å². The minimum absolute atomic E-state index is 0.223. The Morgan fingerprint density at radius 1 is 1.40 bits per heavy atom. The summed E-state index contributed by atoms with van der Waals surface area (Å²) in [5, 5.41) is 4.12. The molecule has 5 heteroatoms. The van der Waals surface area contributed by atoms with Crippen LogP contribution in [0.2, 0.25) is 0 Å². The van der Waals surface area contributed by atoms with Gasteiger partial charge < -0.3 is 9.47 Å². The molecule has 0 heterocycles. The summed E-state index contributed by atoms with van der Waals surface area (Å²) in [6.45, 7) is 0. The molecule has 0 radical (unpaired) electrons. The fraction of sp³-hybridized carbons (Fsp3) is 0.200. The number of hydrogen-bond donors (Lipinski definition) is 1. The fourth-order valence-electron chi connectivity index (χ4n) is 0.973. The predicted molar refractivity (Wildman–Crippen MR) is 63.3 cm³/mol. The number of hydrogen-bond acceptors (Lipinski definition) is 4. The number of thiocarbonyl (C=S) groups is 1. The van der Waals surface area contributed by atoms with Gasteiger partial charge in [0.1, 0.15) is 5.75 Å². The number of benzene rings is 1. The zero-order valence-corrected chi connectivity index (χ0v) is 9.38. The highest BCUT2D eigenvalue weighted by atomic mass is 32.1. The molecule has 1 aromatic rings. The molecule has 0 aliphatic heterocycles. The van der Waals surface area contributed by atoms with Gasteiger partial charge in [0.2, 0.25) is 0 Å². The van der Waals surface area contributed by atoms with E-state index in [2.05, 4.69) is 10.5 Å². The van der Waals surface area contributed by atoms with Crippen LogP contribution >= 0.6 is 12.2 Å². The van der Waals surface area contributed by atoms with E-state index in [9.17, 15) is 0 Å². The van der Waals surface area contributed by atoms with E-state index in [4.69, 9.17) is 21.7 Å². The third kappa shape index (κ3) is 3.55. The van der Waals surface area contributed by atoms with Crippen LogP contribution in [0.15, 0.2) is 29.4 Å². The first kappa shape index (κ1) is 11.5. The first-order chi connectivity index (χ1) is 7.27. The van der Waals surface area contributed by atoms with Gasteiger partial charge in [-0.15, -0.1) is 0 Å². The molecule has 4 nitrogen and oxygen atoms in total. The topological polar surface area (TPSA) is 42.8 Å². The van der Waals surface area contributed by atoms with Crippen molar-refractivity contribution in [2.75, 3.05) is 14.2 Å². The van der Waals surface area contributed by atoms with Crippen molar-refractivity contribution in [3.05, 3.63) is 29.8 Å². The lowest BCUT2D eigenvalue weighted by molar-refractivity contribution is 0.394. The molecule has 15 heavy (non-hydrogen) atoms. The molecule has 0 saturated carbocycles. The summed E-state index contributed by atoms with van der Waals surface area (Å²) in [6.07, 6.45) is 1.62. The number of methoxy groups -OCH3 is 2. The van der Waals surface area contributed by atoms with Gasteiger partial charge in [-0.1, -0.05) is 12.1 Å². The summed E-state index contributed by atoms with van der Waals surface area (Å²) in [5.74, 6) is 0.756. The maximum absolute atomic E-state index is 5.15. The van der Waals surface area contributed by atoms with Crippen LogP contribution in [0, 0.1) is 0 Å². The largest absolute Gasteiger partial charge is 0.496 e. The van der Waals surface area contributed by atoms with Crippen LogP contribution in [-0.4, -0.2) is 25.6 Å². The Labute approximate surface area is 93.9 Å². The van der Waals surface area contributed by atoms with Gasteiger partial charge >= 0.3 is 0 Å². The van der Waals surface area contributed by atoms with Crippen molar-refractivity contribution >= 4 is 23.6 Å². The summed E-state index contributed by atoms with van der Waals surface area (Å²) < 4.78 is 9.87. The average molecular weight is 224 g/mol. The number of rotatable bonds is 3. The second-order valence-electron chi connectivity index (χ2n) is 2.60. The molecule has 0 atom stereocenters. The van der Waals surface area contributed by atoms with E-state index in [0.29, 0.717) is 0 Å². The zero-order valence-electron chi connectivity index (χ0n) is 8.56. The molecule has 1 N–H and O–H groups in total. The Bertz CT molecular complexity index is 366. The van der Waals surface area contributed by atoms with Crippen LogP contribution in [0.3, 0.4) is 0 Å². The maximum Gasteiger partial charge on any atom is 0.277 e. The molecule has 1 rings (SSSR count). The molecule has 0 fully saturated rings. The molecular weight excluding hydrogens is 212 g/mol. The molecule has 0 saturated heterocycles. The van der Waals surface area contributed by atoms with Gasteiger partial charge in [-0.25, -0.2) is 5.43 Å². The minimum atomic E-state index is 0.223. The summed E-state index contributed by atoms with van der Waals surface area (Å²) >= 11 is 4.75. The Kier molecular flexibility index (Phi) is 4.56. The van der Waals surface area contributed by atoms with E-state index in [1.54, 1.807) is 13.3 Å². The van der Waals surface area contributed by atoms with Crippen LogP contribution in [0.1, 0.15) is 5.56 Å². The van der Waals surface area contributed by atoms with Crippen LogP contribution in [0.4, 0.5) is 0 Å². The highest BCUT2D eigenvalue weighted by molar-refractivity contribution is 7.80. The molecule has 0 bridgehead atoms. The minimum Gasteiger partial charge on any atom is -0.496 e. The fourth-order valence-corrected chi connectivity index (χ4v) is 1.03. The smallest absolute Gasteiger partial charge is 0.277 e. The van der Waals surface area contributed by atoms with Gasteiger partial charge in [-0.3, -0.25) is 0 Å². The SMILES string of the molecule is COC(=S)N/N=C\c1ccccc1OC. The summed E-state index contributed by atoms with van der Waals surface area (Å²) in [7, 11) is 3.09. The quantitative estimate of drug-likeness (QED) is 0.480. The highest BCUT2D eigenvalue weighted by Crippen LogP contribution is 2.14. The zero-order chi connectivity index (χ0) is 11.1. The number of hydrazone groups is 1. The van der Waals surface area contributed by atoms with Crippen molar-refractivity contribution in [2.24, 2.45) is 5.10 Å². The lowest BCUT2D eigenvalue weighted by Gasteiger charge is -2.03. The molecule has 0 unspecified atom stereocenters. The molecule has 0 spiro atoms. The van der Waals surface area contributed by atoms with E-state index in [0.717, 1.165) is 11.3 Å². The Morgan fingerprint density at radius 2 is 2.13 bits per heavy atom. The van der Waals surface area contributed by atoms with Crippen molar-refractivity contribution in [2.45, 2.75) is 0 Å². The van der Waals surface area contributed by atoms with Crippen LogP contribution < -0.4 is 10.2 Å². The average Bonchev–Trinajstić information content (AvgIpc) is 2.29. The molecule has 1 aromatic carbocycles. The van der Waals surface area contributed by atoms with E-state index in [1.807, 2.05) is 24.3 Å². The van der Waals surface area contributed by atoms with E-state index in [-0.39, 0.29) is 5.17 Å². The number of nitrogens with zero attached hydrogens (tertiary/aromatic N) is 1. The van der Waals surface area contributed by atoms with Gasteiger partial charge in [-0.05, 0) is 24.4 Å². The third-order valence-corrected chi connectivity index (χ3v) is 1.94. The predicted octanol–water partition coefficient (Wildman–Crippen LogP) is 1.55.